The highest BCUT2D eigenvalue weighted by Gasteiger charge is 2.40. The van der Waals surface area contributed by atoms with E-state index in [4.69, 9.17) is 27.9 Å². The molecule has 3 rings (SSSR count). The molecule has 2 saturated heterocycles. The maximum Gasteiger partial charge on any atom is 0.411 e. The summed E-state index contributed by atoms with van der Waals surface area (Å²) in [5, 5.41) is 0.921. The number of carbonyl (C=O) groups excluding carboxylic acids is 2. The molecule has 2 aliphatic heterocycles. The van der Waals surface area contributed by atoms with Crippen LogP contribution in [0.5, 0.6) is 0 Å². The van der Waals surface area contributed by atoms with Gasteiger partial charge < -0.3 is 14.5 Å². The van der Waals surface area contributed by atoms with Gasteiger partial charge in [-0.25, -0.2) is 4.79 Å². The highest BCUT2D eigenvalue weighted by molar-refractivity contribution is 6.42. The molecule has 0 aliphatic carbocycles. The van der Waals surface area contributed by atoms with Gasteiger partial charge in [0.05, 0.1) is 10.0 Å². The monoisotopic (exact) mass is 566 g/mol. The number of hydrogen-bond donors (Lipinski definition) is 0. The van der Waals surface area contributed by atoms with Crippen molar-refractivity contribution in [1.29, 1.82) is 0 Å². The molecule has 0 spiro atoms. The van der Waals surface area contributed by atoms with Crippen LogP contribution in [0.2, 0.25) is 10.0 Å². The van der Waals surface area contributed by atoms with Crippen molar-refractivity contribution >= 4 is 40.9 Å². The zero-order chi connectivity index (χ0) is 27.4. The SMILES string of the molecule is CCC(C)(C)OC(=O)N1CCN(CCCC(F)(F)F)C[C@@H]1C(=O)N1CCN(c2ccc(Cl)c(Cl)c2)CC1. The molecule has 0 bridgehead atoms. The first-order valence-corrected chi connectivity index (χ1v) is 13.3. The summed E-state index contributed by atoms with van der Waals surface area (Å²) < 4.78 is 43.6. The fourth-order valence-electron chi connectivity index (χ4n) is 4.42. The summed E-state index contributed by atoms with van der Waals surface area (Å²) in [4.78, 5) is 33.8. The third-order valence-electron chi connectivity index (χ3n) is 6.99. The number of halogens is 5. The largest absolute Gasteiger partial charge is 0.443 e. The summed E-state index contributed by atoms with van der Waals surface area (Å²) in [7, 11) is 0. The third-order valence-corrected chi connectivity index (χ3v) is 7.73. The predicted molar refractivity (Wildman–Crippen MR) is 138 cm³/mol. The van der Waals surface area contributed by atoms with Crippen molar-refractivity contribution in [2.45, 2.75) is 57.9 Å². The Morgan fingerprint density at radius 1 is 1.03 bits per heavy atom. The Balaban J connectivity index is 1.68. The zero-order valence-electron chi connectivity index (χ0n) is 21.5. The lowest BCUT2D eigenvalue weighted by Crippen LogP contribution is -2.63. The molecular weight excluding hydrogens is 532 g/mol. The Bertz CT molecular complexity index is 956. The number of hydrogen-bond acceptors (Lipinski definition) is 5. The van der Waals surface area contributed by atoms with Gasteiger partial charge in [-0.05, 0) is 51.4 Å². The van der Waals surface area contributed by atoms with Gasteiger partial charge >= 0.3 is 12.3 Å². The van der Waals surface area contributed by atoms with Gasteiger partial charge in [-0.15, -0.1) is 0 Å². The molecule has 1 aromatic rings. The van der Waals surface area contributed by atoms with Crippen LogP contribution in [0.1, 0.15) is 40.0 Å². The summed E-state index contributed by atoms with van der Waals surface area (Å²) in [6.45, 7) is 8.50. The average molecular weight is 567 g/mol. The Morgan fingerprint density at radius 3 is 2.30 bits per heavy atom. The minimum atomic E-state index is -4.22. The number of amides is 2. The number of alkyl halides is 3. The third kappa shape index (κ3) is 8.29. The standard InChI is InChI=1S/C25H35Cl2F3N4O3/c1-4-24(2,3)37-23(36)34-15-10-31(9-5-8-25(28,29)30)17-21(34)22(35)33-13-11-32(12-14-33)18-6-7-19(26)20(27)16-18/h6-7,16,21H,4-5,8-15,17H2,1-3H3/t21-/m1/s1. The molecule has 0 unspecified atom stereocenters. The molecule has 2 fully saturated rings. The van der Waals surface area contributed by atoms with E-state index in [1.54, 1.807) is 30.9 Å². The maximum absolute atomic E-state index is 13.6. The number of anilines is 1. The van der Waals surface area contributed by atoms with Gasteiger partial charge in [0.15, 0.2) is 0 Å². The minimum Gasteiger partial charge on any atom is -0.443 e. The van der Waals surface area contributed by atoms with Crippen LogP contribution in [0, 0.1) is 0 Å². The molecule has 37 heavy (non-hydrogen) atoms. The van der Waals surface area contributed by atoms with Crippen molar-refractivity contribution in [2.24, 2.45) is 0 Å². The van der Waals surface area contributed by atoms with Gasteiger partial charge in [0, 0.05) is 57.9 Å². The lowest BCUT2D eigenvalue weighted by molar-refractivity contribution is -0.141. The van der Waals surface area contributed by atoms with Crippen molar-refractivity contribution in [1.82, 2.24) is 14.7 Å². The second-order valence-corrected chi connectivity index (χ2v) is 10.9. The van der Waals surface area contributed by atoms with Gasteiger partial charge in [-0.2, -0.15) is 13.2 Å². The molecule has 0 radical (unpaired) electrons. The van der Waals surface area contributed by atoms with E-state index >= 15 is 0 Å². The molecule has 0 N–H and O–H groups in total. The van der Waals surface area contributed by atoms with E-state index in [1.807, 2.05) is 17.9 Å². The van der Waals surface area contributed by atoms with Crippen molar-refractivity contribution < 1.29 is 27.5 Å². The first-order valence-electron chi connectivity index (χ1n) is 12.6. The first kappa shape index (κ1) is 29.6. The molecule has 2 aliphatic rings. The number of benzene rings is 1. The van der Waals surface area contributed by atoms with E-state index < -0.39 is 30.3 Å². The second-order valence-electron chi connectivity index (χ2n) is 10.1. The molecule has 2 heterocycles. The van der Waals surface area contributed by atoms with Gasteiger partial charge in [0.1, 0.15) is 11.6 Å². The number of piperazine rings is 2. The summed E-state index contributed by atoms with van der Waals surface area (Å²) in [5.74, 6) is -0.222. The molecule has 12 heteroatoms. The molecule has 0 aromatic heterocycles. The normalized spacial score (nSPS) is 19.8. The van der Waals surface area contributed by atoms with E-state index in [0.717, 1.165) is 5.69 Å². The van der Waals surface area contributed by atoms with Crippen LogP contribution < -0.4 is 4.90 Å². The number of ether oxygens (including phenoxy) is 1. The Kier molecular flexibility index (Phi) is 9.85. The number of carbonyl (C=O) groups is 2. The van der Waals surface area contributed by atoms with E-state index in [-0.39, 0.29) is 32.0 Å². The molecular formula is C25H35Cl2F3N4O3. The lowest BCUT2D eigenvalue weighted by atomic mass is 10.1. The number of rotatable bonds is 7. The van der Waals surface area contributed by atoms with Crippen LogP contribution >= 0.6 is 23.2 Å². The minimum absolute atomic E-state index is 0.0555. The smallest absolute Gasteiger partial charge is 0.411 e. The topological polar surface area (TPSA) is 56.3 Å². The van der Waals surface area contributed by atoms with Crippen LogP contribution in [0.3, 0.4) is 0 Å². The van der Waals surface area contributed by atoms with Gasteiger partial charge in [-0.3, -0.25) is 14.6 Å². The summed E-state index contributed by atoms with van der Waals surface area (Å²) in [5.41, 5.74) is 0.210. The van der Waals surface area contributed by atoms with Gasteiger partial charge in [0.2, 0.25) is 5.91 Å². The fourth-order valence-corrected chi connectivity index (χ4v) is 4.71. The lowest BCUT2D eigenvalue weighted by Gasteiger charge is -2.44. The van der Waals surface area contributed by atoms with E-state index in [2.05, 4.69) is 4.90 Å². The fraction of sp³-hybridized carbons (Fsp3) is 0.680. The molecule has 208 valence electrons. The highest BCUT2D eigenvalue weighted by Crippen LogP contribution is 2.28. The Labute approximate surface area is 226 Å². The quantitative estimate of drug-likeness (QED) is 0.448. The first-order chi connectivity index (χ1) is 17.3. The Morgan fingerprint density at radius 2 is 1.70 bits per heavy atom. The average Bonchev–Trinajstić information content (AvgIpc) is 2.84. The molecule has 1 atom stereocenters. The summed E-state index contributed by atoms with van der Waals surface area (Å²) in [6, 6.07) is 4.57. The predicted octanol–water partition coefficient (Wildman–Crippen LogP) is 5.30. The van der Waals surface area contributed by atoms with Crippen molar-refractivity contribution in [3.63, 3.8) is 0 Å². The van der Waals surface area contributed by atoms with Crippen molar-refractivity contribution in [3.05, 3.63) is 28.2 Å². The molecule has 7 nitrogen and oxygen atoms in total. The molecule has 2 amide bonds. The molecule has 1 aromatic carbocycles. The number of nitrogens with zero attached hydrogens (tertiary/aromatic N) is 4. The van der Waals surface area contributed by atoms with Crippen LogP contribution in [0.25, 0.3) is 0 Å². The van der Waals surface area contributed by atoms with Gasteiger partial charge in [-0.1, -0.05) is 30.1 Å². The zero-order valence-corrected chi connectivity index (χ0v) is 23.0. The summed E-state index contributed by atoms with van der Waals surface area (Å²) in [6.07, 6.45) is -5.13. The molecule has 0 saturated carbocycles. The van der Waals surface area contributed by atoms with Crippen molar-refractivity contribution in [3.8, 4) is 0 Å². The summed E-state index contributed by atoms with van der Waals surface area (Å²) >= 11 is 12.2. The Hall–Kier alpha value is -1.91. The van der Waals surface area contributed by atoms with Gasteiger partial charge in [0.25, 0.3) is 0 Å². The van der Waals surface area contributed by atoms with E-state index in [1.165, 1.54) is 4.90 Å². The van der Waals surface area contributed by atoms with Crippen molar-refractivity contribution in [2.75, 3.05) is 57.3 Å². The van der Waals surface area contributed by atoms with Crippen LogP contribution in [0.4, 0.5) is 23.7 Å². The van der Waals surface area contributed by atoms with Crippen LogP contribution in [-0.4, -0.2) is 96.9 Å². The van der Waals surface area contributed by atoms with E-state index in [9.17, 15) is 22.8 Å². The second kappa shape index (κ2) is 12.3. The highest BCUT2D eigenvalue weighted by atomic mass is 35.5. The van der Waals surface area contributed by atoms with E-state index in [0.29, 0.717) is 49.2 Å². The maximum atomic E-state index is 13.6. The van der Waals surface area contributed by atoms with Crippen LogP contribution in [-0.2, 0) is 9.53 Å². The van der Waals surface area contributed by atoms with Crippen LogP contribution in [0.15, 0.2) is 18.2 Å².